The largest absolute Gasteiger partial charge is 0.497 e. The van der Waals surface area contributed by atoms with Crippen molar-refractivity contribution in [3.05, 3.63) is 83.9 Å². The van der Waals surface area contributed by atoms with E-state index < -0.39 is 0 Å². The number of nitrogens with one attached hydrogen (secondary N) is 1. The molecule has 166 valence electrons. The first-order valence-corrected chi connectivity index (χ1v) is 12.1. The van der Waals surface area contributed by atoms with Crippen molar-refractivity contribution in [2.45, 2.75) is 25.8 Å². The molecule has 0 spiro atoms. The van der Waals surface area contributed by atoms with Crippen LogP contribution in [0.3, 0.4) is 0 Å². The zero-order valence-electron chi connectivity index (χ0n) is 19.3. The normalized spacial score (nSPS) is 14.2. The lowest BCUT2D eigenvalue weighted by Crippen LogP contribution is -2.32. The third kappa shape index (κ3) is 5.13. The van der Waals surface area contributed by atoms with E-state index in [1.807, 2.05) is 30.0 Å². The van der Waals surface area contributed by atoms with E-state index in [-0.39, 0.29) is 5.54 Å². The Morgan fingerprint density at radius 2 is 1.69 bits per heavy atom. The molecule has 1 aliphatic heterocycles. The predicted octanol–water partition coefficient (Wildman–Crippen LogP) is 6.93. The number of methoxy groups -OCH3 is 2. The highest BCUT2D eigenvalue weighted by atomic mass is 32.2. The van der Waals surface area contributed by atoms with Gasteiger partial charge in [0.2, 0.25) is 0 Å². The van der Waals surface area contributed by atoms with Gasteiger partial charge in [0.25, 0.3) is 0 Å². The van der Waals surface area contributed by atoms with Crippen LogP contribution in [0, 0.1) is 0 Å². The topological polar surface area (TPSA) is 30.5 Å². The summed E-state index contributed by atoms with van der Waals surface area (Å²) in [6.07, 6.45) is 3.46. The lowest BCUT2D eigenvalue weighted by Gasteiger charge is -2.32. The second-order valence-corrected chi connectivity index (χ2v) is 9.74. The number of fused-ring (bicyclic) bond motifs is 1. The fourth-order valence-electron chi connectivity index (χ4n) is 4.16. The van der Waals surface area contributed by atoms with E-state index in [0.29, 0.717) is 0 Å². The molecule has 32 heavy (non-hydrogen) atoms. The van der Waals surface area contributed by atoms with Gasteiger partial charge in [-0.3, -0.25) is 0 Å². The van der Waals surface area contributed by atoms with Gasteiger partial charge in [0, 0.05) is 22.6 Å². The van der Waals surface area contributed by atoms with Gasteiger partial charge in [0.1, 0.15) is 11.5 Å². The van der Waals surface area contributed by atoms with Crippen molar-refractivity contribution in [2.75, 3.05) is 31.0 Å². The van der Waals surface area contributed by atoms with Crippen LogP contribution in [-0.4, -0.2) is 31.3 Å². The monoisotopic (exact) mass is 445 g/mol. The summed E-state index contributed by atoms with van der Waals surface area (Å²) >= 11 is 1.99. The molecule has 4 heteroatoms. The Kier molecular flexibility index (Phi) is 6.80. The molecule has 0 saturated carbocycles. The number of ether oxygens (including phenoxy) is 2. The van der Waals surface area contributed by atoms with Crippen molar-refractivity contribution in [3.8, 4) is 22.6 Å². The second-order valence-electron chi connectivity index (χ2n) is 8.63. The van der Waals surface area contributed by atoms with Crippen LogP contribution >= 0.6 is 11.8 Å². The van der Waals surface area contributed by atoms with Crippen LogP contribution in [0.2, 0.25) is 0 Å². The van der Waals surface area contributed by atoms with Crippen LogP contribution < -0.4 is 14.8 Å². The minimum absolute atomic E-state index is 0.0719. The maximum absolute atomic E-state index is 5.63. The molecule has 3 aromatic rings. The maximum atomic E-state index is 5.63. The molecule has 1 N–H and O–H groups in total. The van der Waals surface area contributed by atoms with E-state index in [4.69, 9.17) is 9.47 Å². The minimum Gasteiger partial charge on any atom is -0.497 e. The van der Waals surface area contributed by atoms with Gasteiger partial charge in [0.05, 0.1) is 19.8 Å². The third-order valence-electron chi connectivity index (χ3n) is 5.71. The number of rotatable bonds is 8. The molecule has 0 amide bonds. The molecule has 1 aliphatic rings. The molecule has 0 saturated heterocycles. The molecule has 3 nitrogen and oxygen atoms in total. The summed E-state index contributed by atoms with van der Waals surface area (Å²) in [7, 11) is 3.40. The maximum Gasteiger partial charge on any atom is 0.126 e. The average molecular weight is 446 g/mol. The lowest BCUT2D eigenvalue weighted by molar-refractivity contribution is 0.404. The summed E-state index contributed by atoms with van der Waals surface area (Å²) in [6.45, 7) is 4.45. The van der Waals surface area contributed by atoms with Crippen LogP contribution in [0.15, 0.2) is 72.8 Å². The van der Waals surface area contributed by atoms with Gasteiger partial charge >= 0.3 is 0 Å². The van der Waals surface area contributed by atoms with Crippen molar-refractivity contribution in [3.63, 3.8) is 0 Å². The third-order valence-corrected chi connectivity index (χ3v) is 6.72. The molecule has 0 aliphatic carbocycles. The number of aryl methyl sites for hydroxylation is 1. The van der Waals surface area contributed by atoms with Gasteiger partial charge in [-0.25, -0.2) is 0 Å². The SMILES string of the molecule is COc1ccc(OC)c(-c2ccc3c(c2)C(CSCCc2ccccc2)=CC(C)(C)N3)c1. The standard InChI is InChI=1S/C28H31NO2S/c1-28(2)18-22(19-32-15-14-20-8-6-5-7-9-20)24-16-21(10-12-26(24)29-28)25-17-23(30-3)11-13-27(25)31-4/h5-13,16-18,29H,14-15,19H2,1-4H3. The minimum atomic E-state index is -0.0719. The van der Waals surface area contributed by atoms with Crippen molar-refractivity contribution in [1.29, 1.82) is 0 Å². The summed E-state index contributed by atoms with van der Waals surface area (Å²) < 4.78 is 11.1. The van der Waals surface area contributed by atoms with Crippen molar-refractivity contribution < 1.29 is 9.47 Å². The quantitative estimate of drug-likeness (QED) is 0.381. The molecule has 1 heterocycles. The first kappa shape index (κ1) is 22.3. The summed E-state index contributed by atoms with van der Waals surface area (Å²) in [4.78, 5) is 0. The van der Waals surface area contributed by atoms with Gasteiger partial charge in [-0.1, -0.05) is 42.5 Å². The average Bonchev–Trinajstić information content (AvgIpc) is 2.81. The molecule has 0 atom stereocenters. The van der Waals surface area contributed by atoms with Crippen LogP contribution in [0.25, 0.3) is 16.7 Å². The highest BCUT2D eigenvalue weighted by Gasteiger charge is 2.25. The molecule has 0 bridgehead atoms. The number of hydrogen-bond donors (Lipinski definition) is 1. The van der Waals surface area contributed by atoms with Crippen LogP contribution in [0.1, 0.15) is 25.0 Å². The Bertz CT molecular complexity index is 1110. The molecule has 0 unspecified atom stereocenters. The molecular formula is C28H31NO2S. The number of thioether (sulfide) groups is 1. The fraction of sp³-hybridized carbons (Fsp3) is 0.286. The Hall–Kier alpha value is -2.85. The van der Waals surface area contributed by atoms with E-state index in [0.717, 1.165) is 40.6 Å². The van der Waals surface area contributed by atoms with Crippen LogP contribution in [0.5, 0.6) is 11.5 Å². The highest BCUT2D eigenvalue weighted by Crippen LogP contribution is 2.40. The number of anilines is 1. The molecule has 0 aromatic heterocycles. The molecular weight excluding hydrogens is 414 g/mol. The molecule has 0 fully saturated rings. The summed E-state index contributed by atoms with van der Waals surface area (Å²) in [5, 5.41) is 3.67. The zero-order valence-corrected chi connectivity index (χ0v) is 20.1. The van der Waals surface area contributed by atoms with Crippen molar-refractivity contribution in [2.24, 2.45) is 0 Å². The fourth-order valence-corrected chi connectivity index (χ4v) is 5.14. The Morgan fingerprint density at radius 3 is 2.44 bits per heavy atom. The van der Waals surface area contributed by atoms with E-state index in [9.17, 15) is 0 Å². The number of hydrogen-bond acceptors (Lipinski definition) is 4. The first-order chi connectivity index (χ1) is 15.5. The Labute approximate surface area is 195 Å². The molecule has 0 radical (unpaired) electrons. The summed E-state index contributed by atoms with van der Waals surface area (Å²) in [6, 6.07) is 23.3. The van der Waals surface area contributed by atoms with Crippen molar-refractivity contribution in [1.82, 2.24) is 0 Å². The smallest absolute Gasteiger partial charge is 0.126 e. The number of benzene rings is 3. The Morgan fingerprint density at radius 1 is 0.875 bits per heavy atom. The molecule has 4 rings (SSSR count). The predicted molar refractivity (Wildman–Crippen MR) is 138 cm³/mol. The highest BCUT2D eigenvalue weighted by molar-refractivity contribution is 7.99. The van der Waals surface area contributed by atoms with Crippen LogP contribution in [-0.2, 0) is 6.42 Å². The lowest BCUT2D eigenvalue weighted by atomic mass is 9.89. The van der Waals surface area contributed by atoms with Gasteiger partial charge in [-0.2, -0.15) is 11.8 Å². The van der Waals surface area contributed by atoms with Crippen LogP contribution in [0.4, 0.5) is 5.69 Å². The van der Waals surface area contributed by atoms with E-state index in [1.165, 1.54) is 22.4 Å². The summed E-state index contributed by atoms with van der Waals surface area (Å²) in [5.74, 6) is 3.76. The van der Waals surface area contributed by atoms with E-state index in [1.54, 1.807) is 14.2 Å². The van der Waals surface area contributed by atoms with E-state index >= 15 is 0 Å². The van der Waals surface area contributed by atoms with Gasteiger partial charge in [0.15, 0.2) is 0 Å². The van der Waals surface area contributed by atoms with Gasteiger partial charge < -0.3 is 14.8 Å². The van der Waals surface area contributed by atoms with Gasteiger partial charge in [-0.05, 0) is 73.1 Å². The molecule has 3 aromatic carbocycles. The summed E-state index contributed by atoms with van der Waals surface area (Å²) in [5.41, 5.74) is 7.31. The van der Waals surface area contributed by atoms with E-state index in [2.05, 4.69) is 73.8 Å². The van der Waals surface area contributed by atoms with Gasteiger partial charge in [-0.15, -0.1) is 0 Å². The first-order valence-electron chi connectivity index (χ1n) is 11.0. The zero-order chi connectivity index (χ0) is 22.6. The Balaban J connectivity index is 1.59. The second kappa shape index (κ2) is 9.74. The van der Waals surface area contributed by atoms with Crippen molar-refractivity contribution >= 4 is 23.0 Å².